The van der Waals surface area contributed by atoms with Crippen LogP contribution in [-0.2, 0) is 29.8 Å². The first-order valence-electron chi connectivity index (χ1n) is 12.0. The molecule has 2 aliphatic heterocycles. The molecular formula is C28H28N4O4. The molecule has 5 amide bonds. The second kappa shape index (κ2) is 9.73. The highest BCUT2D eigenvalue weighted by atomic mass is 16.5. The number of nitrogens with one attached hydrogen (secondary N) is 4. The molecule has 2 aliphatic rings. The van der Waals surface area contributed by atoms with Crippen LogP contribution in [0.5, 0.6) is 5.75 Å². The minimum Gasteiger partial charge on any atom is -0.493 e. The van der Waals surface area contributed by atoms with Crippen LogP contribution in [0.2, 0.25) is 0 Å². The molecule has 8 heteroatoms. The maximum absolute atomic E-state index is 12.3. The number of fused-ring (bicyclic) bond motifs is 1. The zero-order valence-corrected chi connectivity index (χ0v) is 20.0. The number of ether oxygens (including phenoxy) is 1. The van der Waals surface area contributed by atoms with Gasteiger partial charge < -0.3 is 20.7 Å². The summed E-state index contributed by atoms with van der Waals surface area (Å²) in [5.41, 5.74) is 5.00. The molecule has 0 saturated carbocycles. The predicted octanol–water partition coefficient (Wildman–Crippen LogP) is 3.73. The molecule has 4 N–H and O–H groups in total. The molecule has 36 heavy (non-hydrogen) atoms. The van der Waals surface area contributed by atoms with Crippen LogP contribution in [0.15, 0.2) is 66.7 Å². The van der Waals surface area contributed by atoms with Crippen LogP contribution < -0.4 is 26.0 Å². The molecule has 0 aromatic heterocycles. The fraction of sp³-hybridized carbons (Fsp3) is 0.250. The Morgan fingerprint density at radius 1 is 0.917 bits per heavy atom. The number of rotatable bonds is 6. The van der Waals surface area contributed by atoms with Crippen molar-refractivity contribution in [2.45, 2.75) is 38.4 Å². The first-order valence-corrected chi connectivity index (χ1v) is 12.0. The molecular weight excluding hydrogens is 456 g/mol. The fourth-order valence-electron chi connectivity index (χ4n) is 4.48. The lowest BCUT2D eigenvalue weighted by Gasteiger charge is -2.21. The molecule has 5 rings (SSSR count). The van der Waals surface area contributed by atoms with Gasteiger partial charge in [0, 0.05) is 13.1 Å². The number of carbonyl (C=O) groups is 3. The van der Waals surface area contributed by atoms with E-state index in [1.807, 2.05) is 30.3 Å². The van der Waals surface area contributed by atoms with E-state index in [1.54, 1.807) is 19.1 Å². The van der Waals surface area contributed by atoms with E-state index < -0.39 is 11.6 Å². The average molecular weight is 485 g/mol. The van der Waals surface area contributed by atoms with E-state index in [0.29, 0.717) is 18.7 Å². The second-order valence-corrected chi connectivity index (χ2v) is 9.24. The van der Waals surface area contributed by atoms with Crippen LogP contribution in [0, 0.1) is 0 Å². The van der Waals surface area contributed by atoms with E-state index in [2.05, 4.69) is 45.5 Å². The quantitative estimate of drug-likeness (QED) is 0.400. The third-order valence-electron chi connectivity index (χ3n) is 6.68. The minimum atomic E-state index is -1.09. The van der Waals surface area contributed by atoms with Gasteiger partial charge >= 0.3 is 12.1 Å². The number of amides is 5. The molecule has 0 radical (unpaired) electrons. The molecule has 3 aromatic carbocycles. The number of carbonyl (C=O) groups excluding carboxylic acids is 3. The standard InChI is InChI=1S/C28H28N4O4/c1-28(25(33)31-27(35)32-28)23-11-6-19(7-12-23)17-30-26(34)29-16-18-4-8-20(9-5-18)21-10-13-24-22(15-21)3-2-14-36-24/h4-13,15H,2-3,14,16-17H2,1H3,(H2,29,30,34)(H2,31,32,33,35). The van der Waals surface area contributed by atoms with Crippen molar-refractivity contribution in [3.63, 3.8) is 0 Å². The van der Waals surface area contributed by atoms with Gasteiger partial charge in [-0.1, -0.05) is 54.6 Å². The Labute approximate surface area is 209 Å². The molecule has 0 spiro atoms. The van der Waals surface area contributed by atoms with Crippen molar-refractivity contribution in [1.82, 2.24) is 21.3 Å². The van der Waals surface area contributed by atoms with Gasteiger partial charge in [-0.05, 0) is 65.3 Å². The van der Waals surface area contributed by atoms with Crippen molar-refractivity contribution in [2.75, 3.05) is 6.61 Å². The molecule has 1 fully saturated rings. The summed E-state index contributed by atoms with van der Waals surface area (Å²) >= 11 is 0. The third kappa shape index (κ3) is 4.88. The molecule has 8 nitrogen and oxygen atoms in total. The molecule has 184 valence electrons. The van der Waals surface area contributed by atoms with E-state index in [9.17, 15) is 14.4 Å². The Morgan fingerprint density at radius 2 is 1.56 bits per heavy atom. The van der Waals surface area contributed by atoms with E-state index in [-0.39, 0.29) is 11.9 Å². The van der Waals surface area contributed by atoms with Gasteiger partial charge in [0.05, 0.1) is 6.61 Å². The average Bonchev–Trinajstić information content (AvgIpc) is 3.18. The first kappa shape index (κ1) is 23.4. The van der Waals surface area contributed by atoms with Crippen molar-refractivity contribution in [3.8, 4) is 16.9 Å². The highest BCUT2D eigenvalue weighted by Gasteiger charge is 2.43. The number of hydrogen-bond acceptors (Lipinski definition) is 4. The Hall–Kier alpha value is -4.33. The molecule has 1 atom stereocenters. The van der Waals surface area contributed by atoms with Gasteiger partial charge in [-0.3, -0.25) is 10.1 Å². The van der Waals surface area contributed by atoms with Crippen LogP contribution in [0.1, 0.15) is 35.6 Å². The molecule has 3 aromatic rings. The monoisotopic (exact) mass is 484 g/mol. The predicted molar refractivity (Wildman–Crippen MR) is 135 cm³/mol. The normalized spacial score (nSPS) is 18.5. The van der Waals surface area contributed by atoms with Crippen LogP contribution >= 0.6 is 0 Å². The van der Waals surface area contributed by atoms with Crippen LogP contribution in [-0.4, -0.2) is 24.6 Å². The maximum Gasteiger partial charge on any atom is 0.322 e. The Morgan fingerprint density at radius 3 is 2.19 bits per heavy atom. The molecule has 0 bridgehead atoms. The lowest BCUT2D eigenvalue weighted by molar-refractivity contribution is -0.123. The Balaban J connectivity index is 1.11. The zero-order valence-electron chi connectivity index (χ0n) is 20.0. The Kier molecular flexibility index (Phi) is 6.33. The van der Waals surface area contributed by atoms with Crippen molar-refractivity contribution in [1.29, 1.82) is 0 Å². The summed E-state index contributed by atoms with van der Waals surface area (Å²) in [7, 11) is 0. The highest BCUT2D eigenvalue weighted by molar-refractivity contribution is 6.07. The maximum atomic E-state index is 12.3. The van der Waals surface area contributed by atoms with Crippen LogP contribution in [0.25, 0.3) is 11.1 Å². The number of imide groups is 1. The van der Waals surface area contributed by atoms with E-state index in [4.69, 9.17) is 4.74 Å². The summed E-state index contributed by atoms with van der Waals surface area (Å²) < 4.78 is 5.70. The number of benzene rings is 3. The highest BCUT2D eigenvalue weighted by Crippen LogP contribution is 2.30. The fourth-order valence-corrected chi connectivity index (χ4v) is 4.48. The van der Waals surface area contributed by atoms with E-state index in [0.717, 1.165) is 47.5 Å². The zero-order chi connectivity index (χ0) is 25.1. The smallest absolute Gasteiger partial charge is 0.322 e. The van der Waals surface area contributed by atoms with Gasteiger partial charge in [0.2, 0.25) is 0 Å². The summed E-state index contributed by atoms with van der Waals surface area (Å²) in [5.74, 6) is 0.597. The topological polar surface area (TPSA) is 109 Å². The van der Waals surface area contributed by atoms with Gasteiger partial charge in [-0.25, -0.2) is 9.59 Å². The summed E-state index contributed by atoms with van der Waals surface area (Å²) in [6.07, 6.45) is 2.09. The van der Waals surface area contributed by atoms with Crippen LogP contribution in [0.3, 0.4) is 0 Å². The lowest BCUT2D eigenvalue weighted by Crippen LogP contribution is -2.40. The minimum absolute atomic E-state index is 0.271. The number of urea groups is 2. The molecule has 1 saturated heterocycles. The van der Waals surface area contributed by atoms with Crippen LogP contribution in [0.4, 0.5) is 9.59 Å². The third-order valence-corrected chi connectivity index (χ3v) is 6.68. The summed E-state index contributed by atoms with van der Waals surface area (Å²) in [5, 5.41) is 10.6. The largest absolute Gasteiger partial charge is 0.493 e. The molecule has 2 heterocycles. The van der Waals surface area contributed by atoms with Gasteiger partial charge in [-0.15, -0.1) is 0 Å². The van der Waals surface area contributed by atoms with Gasteiger partial charge in [0.25, 0.3) is 5.91 Å². The molecule has 0 aliphatic carbocycles. The van der Waals surface area contributed by atoms with Crippen molar-refractivity contribution in [3.05, 3.63) is 89.0 Å². The van der Waals surface area contributed by atoms with Crippen molar-refractivity contribution in [2.24, 2.45) is 0 Å². The summed E-state index contributed by atoms with van der Waals surface area (Å²) in [4.78, 5) is 35.8. The van der Waals surface area contributed by atoms with E-state index in [1.165, 1.54) is 5.56 Å². The number of hydrogen-bond donors (Lipinski definition) is 4. The molecule has 1 unspecified atom stereocenters. The second-order valence-electron chi connectivity index (χ2n) is 9.24. The Bertz CT molecular complexity index is 1300. The summed E-state index contributed by atoms with van der Waals surface area (Å²) in [6, 6.07) is 20.9. The first-order chi connectivity index (χ1) is 17.4. The van der Waals surface area contributed by atoms with Gasteiger partial charge in [0.15, 0.2) is 0 Å². The lowest BCUT2D eigenvalue weighted by atomic mass is 9.91. The summed E-state index contributed by atoms with van der Waals surface area (Å²) in [6.45, 7) is 3.19. The number of aryl methyl sites for hydroxylation is 1. The van der Waals surface area contributed by atoms with Crippen molar-refractivity contribution < 1.29 is 19.1 Å². The van der Waals surface area contributed by atoms with Gasteiger partial charge in [-0.2, -0.15) is 0 Å². The van der Waals surface area contributed by atoms with E-state index >= 15 is 0 Å². The van der Waals surface area contributed by atoms with Gasteiger partial charge in [0.1, 0.15) is 11.3 Å². The van der Waals surface area contributed by atoms with Crippen molar-refractivity contribution >= 4 is 18.0 Å². The SMILES string of the molecule is CC1(c2ccc(CNC(=O)NCc3ccc(-c4ccc5c(c4)CCCO5)cc3)cc2)NC(=O)NC1=O.